The van der Waals surface area contributed by atoms with Crippen LogP contribution in [0.2, 0.25) is 0 Å². The fourth-order valence-corrected chi connectivity index (χ4v) is 2.61. The molecular formula is C17H19N3O. The molecule has 1 aliphatic heterocycles. The molecule has 3 rings (SSSR count). The van der Waals surface area contributed by atoms with Crippen LogP contribution < -0.4 is 10.2 Å². The molecule has 2 aromatic rings. The van der Waals surface area contributed by atoms with E-state index in [1.54, 1.807) is 11.1 Å². The third-order valence-corrected chi connectivity index (χ3v) is 3.89. The molecule has 0 atom stereocenters. The predicted octanol–water partition coefficient (Wildman–Crippen LogP) is 3.79. The molecule has 0 spiro atoms. The van der Waals surface area contributed by atoms with Gasteiger partial charge in [-0.2, -0.15) is 0 Å². The Morgan fingerprint density at radius 2 is 2.14 bits per heavy atom. The van der Waals surface area contributed by atoms with Gasteiger partial charge in [0.15, 0.2) is 0 Å². The highest BCUT2D eigenvalue weighted by atomic mass is 16.2. The molecular weight excluding hydrogens is 262 g/mol. The van der Waals surface area contributed by atoms with E-state index in [9.17, 15) is 4.79 Å². The summed E-state index contributed by atoms with van der Waals surface area (Å²) in [5, 5.41) is 4.91. The zero-order chi connectivity index (χ0) is 15.0. The highest BCUT2D eigenvalue weighted by molar-refractivity contribution is 6.03. The minimum atomic E-state index is -0.131. The van der Waals surface area contributed by atoms with Crippen LogP contribution in [0.5, 0.6) is 0 Å². The molecule has 0 aliphatic carbocycles. The minimum absolute atomic E-state index is 0.131. The first-order valence-electron chi connectivity index (χ1n) is 7.20. The molecule has 21 heavy (non-hydrogen) atoms. The Hall–Kier alpha value is -2.36. The third-order valence-electron chi connectivity index (χ3n) is 3.89. The van der Waals surface area contributed by atoms with E-state index >= 15 is 0 Å². The van der Waals surface area contributed by atoms with Crippen LogP contribution >= 0.6 is 0 Å². The molecule has 2 amide bonds. The maximum atomic E-state index is 12.2. The number of hydrogen-bond acceptors (Lipinski definition) is 2. The van der Waals surface area contributed by atoms with Crippen LogP contribution in [0.1, 0.15) is 31.7 Å². The number of pyridine rings is 1. The summed E-state index contributed by atoms with van der Waals surface area (Å²) in [5.41, 5.74) is 2.90. The maximum absolute atomic E-state index is 12.2. The zero-order valence-electron chi connectivity index (χ0n) is 12.4. The molecule has 0 bridgehead atoms. The highest BCUT2D eigenvalue weighted by Gasteiger charge is 2.23. The van der Waals surface area contributed by atoms with Gasteiger partial charge in [-0.15, -0.1) is 0 Å². The Kier molecular flexibility index (Phi) is 3.37. The summed E-state index contributed by atoms with van der Waals surface area (Å²) in [6.07, 6.45) is 4.36. The van der Waals surface area contributed by atoms with Crippen molar-refractivity contribution in [1.82, 2.24) is 10.3 Å². The first-order chi connectivity index (χ1) is 10.1. The number of amides is 2. The van der Waals surface area contributed by atoms with E-state index in [1.807, 2.05) is 6.20 Å². The van der Waals surface area contributed by atoms with Gasteiger partial charge in [0.2, 0.25) is 0 Å². The predicted molar refractivity (Wildman–Crippen MR) is 85.5 cm³/mol. The Morgan fingerprint density at radius 1 is 1.33 bits per heavy atom. The van der Waals surface area contributed by atoms with Crippen molar-refractivity contribution < 1.29 is 4.79 Å². The molecule has 1 N–H and O–H groups in total. The molecule has 4 nitrogen and oxygen atoms in total. The van der Waals surface area contributed by atoms with E-state index in [2.05, 4.69) is 48.9 Å². The lowest BCUT2D eigenvalue weighted by Crippen LogP contribution is -2.45. The molecule has 1 aromatic carbocycles. The van der Waals surface area contributed by atoms with Gasteiger partial charge in [-0.25, -0.2) is 4.79 Å². The Morgan fingerprint density at radius 3 is 2.86 bits per heavy atom. The lowest BCUT2D eigenvalue weighted by Gasteiger charge is -2.29. The zero-order valence-corrected chi connectivity index (χ0v) is 12.4. The van der Waals surface area contributed by atoms with E-state index in [0.29, 0.717) is 12.5 Å². The normalized spacial score (nSPS) is 15.7. The fourth-order valence-electron chi connectivity index (χ4n) is 2.61. The first-order valence-corrected chi connectivity index (χ1v) is 7.20. The van der Waals surface area contributed by atoms with Gasteiger partial charge in [0.25, 0.3) is 0 Å². The largest absolute Gasteiger partial charge is 0.326 e. The van der Waals surface area contributed by atoms with E-state index < -0.39 is 0 Å². The molecule has 4 heteroatoms. The number of carbonyl (C=O) groups excluding carboxylic acids is 1. The summed E-state index contributed by atoms with van der Waals surface area (Å²) in [4.78, 5) is 18.2. The van der Waals surface area contributed by atoms with Crippen molar-refractivity contribution in [1.29, 1.82) is 0 Å². The van der Waals surface area contributed by atoms with Crippen LogP contribution in [0.15, 0.2) is 42.9 Å². The van der Waals surface area contributed by atoms with E-state index in [1.165, 1.54) is 5.56 Å². The molecule has 0 unspecified atom stereocenters. The third kappa shape index (κ3) is 2.49. The molecule has 1 fully saturated rings. The number of hydrogen-bond donors (Lipinski definition) is 1. The standard InChI is InChI=1S/C17H19N3O/c1-11(2)13-4-5-15-14(8-13)9-18-10-16(15)20-7-6-12(3)19-17(20)21/h4-5,8-11H,3,6-7H2,1-2H3,(H,19,21). The number of nitrogens with one attached hydrogen (secondary N) is 1. The fraction of sp³-hybridized carbons (Fsp3) is 0.294. The van der Waals surface area contributed by atoms with Crippen molar-refractivity contribution in [2.24, 2.45) is 0 Å². The summed E-state index contributed by atoms with van der Waals surface area (Å²) in [5.74, 6) is 0.472. The van der Waals surface area contributed by atoms with Gasteiger partial charge in [0, 0.05) is 35.6 Å². The van der Waals surface area contributed by atoms with Gasteiger partial charge in [-0.05, 0) is 17.5 Å². The number of carbonyl (C=O) groups is 1. The highest BCUT2D eigenvalue weighted by Crippen LogP contribution is 2.29. The number of urea groups is 1. The van der Waals surface area contributed by atoms with Crippen molar-refractivity contribution in [3.8, 4) is 0 Å². The van der Waals surface area contributed by atoms with Crippen LogP contribution in [0.3, 0.4) is 0 Å². The van der Waals surface area contributed by atoms with Crippen LogP contribution in [-0.2, 0) is 0 Å². The topological polar surface area (TPSA) is 45.2 Å². The summed E-state index contributed by atoms with van der Waals surface area (Å²) in [7, 11) is 0. The van der Waals surface area contributed by atoms with Crippen LogP contribution in [0, 0.1) is 0 Å². The Balaban J connectivity index is 2.07. The van der Waals surface area contributed by atoms with Crippen LogP contribution in [-0.4, -0.2) is 17.6 Å². The summed E-state index contributed by atoms with van der Waals surface area (Å²) < 4.78 is 0. The number of aromatic nitrogens is 1. The van der Waals surface area contributed by atoms with Gasteiger partial charge in [-0.1, -0.05) is 32.6 Å². The maximum Gasteiger partial charge on any atom is 0.326 e. The summed E-state index contributed by atoms with van der Waals surface area (Å²) in [6, 6.07) is 6.22. The molecule has 1 aromatic heterocycles. The van der Waals surface area contributed by atoms with E-state index in [0.717, 1.165) is 28.6 Å². The number of nitrogens with zero attached hydrogens (tertiary/aromatic N) is 2. The average Bonchev–Trinajstić information content (AvgIpc) is 2.46. The summed E-state index contributed by atoms with van der Waals surface area (Å²) in [6.45, 7) is 8.79. The minimum Gasteiger partial charge on any atom is -0.312 e. The number of anilines is 1. The second kappa shape index (κ2) is 5.20. The Bertz CT molecular complexity index is 721. The molecule has 0 saturated carbocycles. The van der Waals surface area contributed by atoms with Gasteiger partial charge < -0.3 is 5.32 Å². The van der Waals surface area contributed by atoms with Crippen LogP contribution in [0.4, 0.5) is 10.5 Å². The van der Waals surface area contributed by atoms with E-state index in [4.69, 9.17) is 0 Å². The SMILES string of the molecule is C=C1CCN(c2cncc3cc(C(C)C)ccc23)C(=O)N1. The smallest absolute Gasteiger partial charge is 0.312 e. The van der Waals surface area contributed by atoms with Gasteiger partial charge in [-0.3, -0.25) is 9.88 Å². The van der Waals surface area contributed by atoms with Gasteiger partial charge >= 0.3 is 6.03 Å². The van der Waals surface area contributed by atoms with Crippen LogP contribution in [0.25, 0.3) is 10.8 Å². The molecule has 2 heterocycles. The number of fused-ring (bicyclic) bond motifs is 1. The molecule has 1 aliphatic rings. The molecule has 1 saturated heterocycles. The molecule has 108 valence electrons. The van der Waals surface area contributed by atoms with Crippen molar-refractivity contribution in [2.75, 3.05) is 11.4 Å². The second-order valence-corrected chi connectivity index (χ2v) is 5.73. The quantitative estimate of drug-likeness (QED) is 0.910. The second-order valence-electron chi connectivity index (χ2n) is 5.73. The van der Waals surface area contributed by atoms with E-state index in [-0.39, 0.29) is 6.03 Å². The van der Waals surface area contributed by atoms with Crippen molar-refractivity contribution >= 4 is 22.5 Å². The average molecular weight is 281 g/mol. The monoisotopic (exact) mass is 281 g/mol. The summed E-state index contributed by atoms with van der Waals surface area (Å²) >= 11 is 0. The Labute approximate surface area is 124 Å². The lowest BCUT2D eigenvalue weighted by molar-refractivity contribution is 0.246. The first kappa shape index (κ1) is 13.6. The van der Waals surface area contributed by atoms with Gasteiger partial charge in [0.1, 0.15) is 0 Å². The van der Waals surface area contributed by atoms with Crippen molar-refractivity contribution in [3.63, 3.8) is 0 Å². The van der Waals surface area contributed by atoms with Crippen molar-refractivity contribution in [2.45, 2.75) is 26.2 Å². The number of rotatable bonds is 2. The van der Waals surface area contributed by atoms with Gasteiger partial charge in [0.05, 0.1) is 11.9 Å². The number of benzene rings is 1. The lowest BCUT2D eigenvalue weighted by atomic mass is 9.99. The molecule has 0 radical (unpaired) electrons. The van der Waals surface area contributed by atoms with Crippen molar-refractivity contribution in [3.05, 3.63) is 48.4 Å².